The molecule has 0 spiro atoms. The van der Waals surface area contributed by atoms with Gasteiger partial charge in [0.05, 0.1) is 9.82 Å². The number of thioether (sulfide) groups is 1. The maximum atomic E-state index is 12.6. The molecule has 0 amide bonds. The third kappa shape index (κ3) is 3.84. The van der Waals surface area contributed by atoms with Crippen LogP contribution < -0.4 is 5.32 Å². The highest BCUT2D eigenvalue weighted by molar-refractivity contribution is 7.98. The minimum Gasteiger partial charge on any atom is -0.350 e. The first-order valence-electron chi connectivity index (χ1n) is 8.11. The molecular weight excluding hydrogens is 374 g/mol. The van der Waals surface area contributed by atoms with Crippen LogP contribution in [0.5, 0.6) is 0 Å². The summed E-state index contributed by atoms with van der Waals surface area (Å²) in [6.07, 6.45) is 3.57. The third-order valence-electron chi connectivity index (χ3n) is 4.22. The quantitative estimate of drug-likeness (QED) is 0.455. The molecule has 7 nitrogen and oxygen atoms in total. The second kappa shape index (κ2) is 7.65. The Kier molecular flexibility index (Phi) is 5.49. The first-order valence-corrected chi connectivity index (χ1v) is 10.8. The van der Waals surface area contributed by atoms with Crippen molar-refractivity contribution >= 4 is 38.8 Å². The van der Waals surface area contributed by atoms with Crippen LogP contribution in [0, 0.1) is 10.1 Å². The van der Waals surface area contributed by atoms with Gasteiger partial charge in [0.15, 0.2) is 0 Å². The van der Waals surface area contributed by atoms with Crippen LogP contribution >= 0.6 is 11.8 Å². The number of anilines is 2. The summed E-state index contributed by atoms with van der Waals surface area (Å²) in [7, 11) is -3.70. The van der Waals surface area contributed by atoms with Crippen molar-refractivity contribution in [1.29, 1.82) is 0 Å². The first-order chi connectivity index (χ1) is 12.4. The normalized spacial score (nSPS) is 15.1. The number of hydrogen-bond acceptors (Lipinski definition) is 6. The summed E-state index contributed by atoms with van der Waals surface area (Å²) in [6.45, 7) is 0.912. The molecule has 2 aromatic rings. The van der Waals surface area contributed by atoms with Crippen molar-refractivity contribution in [1.82, 2.24) is 4.31 Å². The van der Waals surface area contributed by atoms with Crippen LogP contribution in [0.3, 0.4) is 0 Å². The first kappa shape index (κ1) is 18.7. The van der Waals surface area contributed by atoms with Crippen LogP contribution in [-0.4, -0.2) is 37.0 Å². The lowest BCUT2D eigenvalue weighted by Gasteiger charge is -2.16. The van der Waals surface area contributed by atoms with Crippen molar-refractivity contribution in [3.63, 3.8) is 0 Å². The lowest BCUT2D eigenvalue weighted by molar-refractivity contribution is -0.384. The molecule has 0 bridgehead atoms. The van der Waals surface area contributed by atoms with Crippen molar-refractivity contribution in [3.8, 4) is 0 Å². The molecule has 0 aliphatic carbocycles. The van der Waals surface area contributed by atoms with Gasteiger partial charge in [0.25, 0.3) is 5.69 Å². The Morgan fingerprint density at radius 2 is 1.88 bits per heavy atom. The van der Waals surface area contributed by atoms with E-state index in [0.717, 1.165) is 23.8 Å². The molecule has 138 valence electrons. The molecule has 0 radical (unpaired) electrons. The van der Waals surface area contributed by atoms with Gasteiger partial charge >= 0.3 is 0 Å². The zero-order valence-electron chi connectivity index (χ0n) is 14.2. The van der Waals surface area contributed by atoms with E-state index >= 15 is 0 Å². The SMILES string of the molecule is CSc1cccc(Nc2ccc(S(=O)(=O)N3CCCC3)cc2[N+](=O)[O-])c1. The minimum atomic E-state index is -3.70. The molecule has 0 atom stereocenters. The number of sulfonamides is 1. The Morgan fingerprint density at radius 1 is 1.15 bits per heavy atom. The van der Waals surface area contributed by atoms with Gasteiger partial charge in [-0.3, -0.25) is 10.1 Å². The summed E-state index contributed by atoms with van der Waals surface area (Å²) >= 11 is 1.57. The summed E-state index contributed by atoms with van der Waals surface area (Å²) < 4.78 is 26.7. The van der Waals surface area contributed by atoms with Gasteiger partial charge in [0, 0.05) is 29.7 Å². The van der Waals surface area contributed by atoms with Gasteiger partial charge in [0.1, 0.15) is 5.69 Å². The Morgan fingerprint density at radius 3 is 2.54 bits per heavy atom. The van der Waals surface area contributed by atoms with E-state index in [9.17, 15) is 18.5 Å². The van der Waals surface area contributed by atoms with Crippen molar-refractivity contribution in [2.75, 3.05) is 24.7 Å². The van der Waals surface area contributed by atoms with Crippen molar-refractivity contribution in [2.24, 2.45) is 0 Å². The van der Waals surface area contributed by atoms with E-state index < -0.39 is 14.9 Å². The highest BCUT2D eigenvalue weighted by Gasteiger charge is 2.29. The molecule has 1 heterocycles. The third-order valence-corrected chi connectivity index (χ3v) is 6.84. The summed E-state index contributed by atoms with van der Waals surface area (Å²) in [4.78, 5) is 11.9. The lowest BCUT2D eigenvalue weighted by atomic mass is 10.2. The number of nitro benzene ring substituents is 1. The number of nitrogens with zero attached hydrogens (tertiary/aromatic N) is 2. The smallest absolute Gasteiger partial charge is 0.294 e. The maximum absolute atomic E-state index is 12.6. The van der Waals surface area contributed by atoms with E-state index in [4.69, 9.17) is 0 Å². The molecule has 26 heavy (non-hydrogen) atoms. The molecule has 0 unspecified atom stereocenters. The lowest BCUT2D eigenvalue weighted by Crippen LogP contribution is -2.27. The number of hydrogen-bond donors (Lipinski definition) is 1. The second-order valence-electron chi connectivity index (χ2n) is 5.90. The number of rotatable bonds is 6. The number of benzene rings is 2. The van der Waals surface area contributed by atoms with E-state index in [2.05, 4.69) is 5.32 Å². The molecule has 2 aromatic carbocycles. The summed E-state index contributed by atoms with van der Waals surface area (Å²) in [5.41, 5.74) is 0.698. The Bertz CT molecular complexity index is 925. The highest BCUT2D eigenvalue weighted by atomic mass is 32.2. The molecule has 1 aliphatic rings. The van der Waals surface area contributed by atoms with Gasteiger partial charge in [-0.1, -0.05) is 6.07 Å². The van der Waals surface area contributed by atoms with Crippen molar-refractivity contribution in [2.45, 2.75) is 22.6 Å². The largest absolute Gasteiger partial charge is 0.350 e. The Hall–Kier alpha value is -2.10. The topological polar surface area (TPSA) is 92.6 Å². The summed E-state index contributed by atoms with van der Waals surface area (Å²) in [5.74, 6) is 0. The molecular formula is C17H19N3O4S2. The molecule has 9 heteroatoms. The van der Waals surface area contributed by atoms with Gasteiger partial charge in [0.2, 0.25) is 10.0 Å². The maximum Gasteiger partial charge on any atom is 0.294 e. The van der Waals surface area contributed by atoms with Crippen molar-refractivity contribution < 1.29 is 13.3 Å². The predicted octanol–water partition coefficient (Wildman–Crippen LogP) is 3.84. The molecule has 0 aromatic heterocycles. The van der Waals surface area contributed by atoms with Crippen LogP contribution in [0.2, 0.25) is 0 Å². The van der Waals surface area contributed by atoms with E-state index in [1.54, 1.807) is 17.8 Å². The average molecular weight is 393 g/mol. The van der Waals surface area contributed by atoms with E-state index in [0.29, 0.717) is 18.8 Å². The second-order valence-corrected chi connectivity index (χ2v) is 8.72. The van der Waals surface area contributed by atoms with E-state index in [1.165, 1.54) is 16.4 Å². The van der Waals surface area contributed by atoms with Crippen LogP contribution in [0.4, 0.5) is 17.1 Å². The molecule has 1 fully saturated rings. The molecule has 1 N–H and O–H groups in total. The highest BCUT2D eigenvalue weighted by Crippen LogP contribution is 2.32. The fourth-order valence-electron chi connectivity index (χ4n) is 2.86. The molecule has 1 aliphatic heterocycles. The Balaban J connectivity index is 1.95. The van der Waals surface area contributed by atoms with Gasteiger partial charge in [-0.25, -0.2) is 8.42 Å². The zero-order valence-corrected chi connectivity index (χ0v) is 15.8. The van der Waals surface area contributed by atoms with Crippen LogP contribution in [-0.2, 0) is 10.0 Å². The predicted molar refractivity (Wildman–Crippen MR) is 103 cm³/mol. The van der Waals surface area contributed by atoms with Crippen molar-refractivity contribution in [3.05, 3.63) is 52.6 Å². The average Bonchev–Trinajstić information content (AvgIpc) is 3.17. The zero-order chi connectivity index (χ0) is 18.7. The fraction of sp³-hybridized carbons (Fsp3) is 0.294. The molecule has 3 rings (SSSR count). The van der Waals surface area contributed by atoms with Crippen LogP contribution in [0.1, 0.15) is 12.8 Å². The molecule has 0 saturated carbocycles. The van der Waals surface area contributed by atoms with Crippen LogP contribution in [0.15, 0.2) is 52.3 Å². The van der Waals surface area contributed by atoms with E-state index in [-0.39, 0.29) is 16.3 Å². The Labute approximate surface area is 156 Å². The molecule has 1 saturated heterocycles. The summed E-state index contributed by atoms with van der Waals surface area (Å²) in [6, 6.07) is 11.5. The summed E-state index contributed by atoms with van der Waals surface area (Å²) in [5, 5.41) is 14.5. The number of nitro groups is 1. The number of nitrogens with one attached hydrogen (secondary N) is 1. The minimum absolute atomic E-state index is 0.0467. The monoisotopic (exact) mass is 393 g/mol. The van der Waals surface area contributed by atoms with Gasteiger partial charge < -0.3 is 5.32 Å². The van der Waals surface area contributed by atoms with Gasteiger partial charge in [-0.2, -0.15) is 4.31 Å². The van der Waals surface area contributed by atoms with E-state index in [1.807, 2.05) is 24.5 Å². The van der Waals surface area contributed by atoms with Gasteiger partial charge in [-0.15, -0.1) is 11.8 Å². The fourth-order valence-corrected chi connectivity index (χ4v) is 4.86. The van der Waals surface area contributed by atoms with Gasteiger partial charge in [-0.05, 0) is 49.4 Å². The standard InChI is InChI=1S/C17H19N3O4S2/c1-25-14-6-4-5-13(11-14)18-16-8-7-15(12-17(16)20(21)22)26(23,24)19-9-2-3-10-19/h4-8,11-12,18H,2-3,9-10H2,1H3. The van der Waals surface area contributed by atoms with Crippen LogP contribution in [0.25, 0.3) is 0 Å².